The molecule has 2 aromatic rings. The second-order valence-corrected chi connectivity index (χ2v) is 4.72. The summed E-state index contributed by atoms with van der Waals surface area (Å²) in [5.41, 5.74) is 6.45. The molecule has 0 N–H and O–H groups in total. The largest absolute Gasteiger partial charge is 0.207 e. The minimum atomic E-state index is -0.184. The Balaban J connectivity index is 2.12. The van der Waals surface area contributed by atoms with Crippen LogP contribution in [0.15, 0.2) is 48.0 Å². The molecule has 2 aromatic carbocycles. The smallest absolute Gasteiger partial charge is 0.123 e. The van der Waals surface area contributed by atoms with Crippen LogP contribution in [0.25, 0.3) is 17.2 Å². The first-order valence-corrected chi connectivity index (χ1v) is 6.35. The normalized spacial score (nSPS) is 13.3. The van der Waals surface area contributed by atoms with Gasteiger partial charge in [-0.1, -0.05) is 48.9 Å². The van der Waals surface area contributed by atoms with Gasteiger partial charge in [-0.2, -0.15) is 0 Å². The lowest BCUT2D eigenvalue weighted by atomic mass is 9.97. The Kier molecular flexibility index (Phi) is 2.75. The quantitative estimate of drug-likeness (QED) is 0.702. The maximum absolute atomic E-state index is 13.0. The summed E-state index contributed by atoms with van der Waals surface area (Å²) in [6.45, 7) is 2.19. The maximum Gasteiger partial charge on any atom is 0.123 e. The van der Waals surface area contributed by atoms with Gasteiger partial charge in [0.25, 0.3) is 0 Å². The second-order valence-electron chi connectivity index (χ2n) is 4.72. The highest BCUT2D eigenvalue weighted by molar-refractivity contribution is 5.80. The molecule has 0 spiro atoms. The average Bonchev–Trinajstić information content (AvgIpc) is 2.82. The standard InChI is InChI=1S/C17H15F/c1-2-12-10-14-4-3-5-16(17(14)11-12)13-6-8-15(18)9-7-13/h3-9,11H,2,10H2,1H3. The number of hydrogen-bond acceptors (Lipinski definition) is 0. The van der Waals surface area contributed by atoms with Gasteiger partial charge in [0, 0.05) is 0 Å². The number of benzene rings is 2. The predicted octanol–water partition coefficient (Wildman–Crippen LogP) is 4.84. The minimum absolute atomic E-state index is 0.184. The molecule has 0 heterocycles. The molecule has 18 heavy (non-hydrogen) atoms. The third kappa shape index (κ3) is 1.86. The van der Waals surface area contributed by atoms with E-state index in [2.05, 4.69) is 31.2 Å². The molecule has 0 bridgehead atoms. The molecule has 0 nitrogen and oxygen atoms in total. The van der Waals surface area contributed by atoms with E-state index in [1.165, 1.54) is 34.4 Å². The van der Waals surface area contributed by atoms with Crippen molar-refractivity contribution >= 4 is 6.08 Å². The van der Waals surface area contributed by atoms with Crippen molar-refractivity contribution in [3.05, 3.63) is 65.0 Å². The van der Waals surface area contributed by atoms with E-state index in [4.69, 9.17) is 0 Å². The van der Waals surface area contributed by atoms with Crippen molar-refractivity contribution in [1.29, 1.82) is 0 Å². The summed E-state index contributed by atoms with van der Waals surface area (Å²) in [6.07, 6.45) is 4.44. The number of halogens is 1. The average molecular weight is 238 g/mol. The van der Waals surface area contributed by atoms with Gasteiger partial charge >= 0.3 is 0 Å². The maximum atomic E-state index is 13.0. The zero-order chi connectivity index (χ0) is 12.5. The Hall–Kier alpha value is -1.89. The Bertz CT molecular complexity index is 606. The summed E-state index contributed by atoms with van der Waals surface area (Å²) >= 11 is 0. The van der Waals surface area contributed by atoms with Crippen LogP contribution in [0, 0.1) is 5.82 Å². The van der Waals surface area contributed by atoms with Gasteiger partial charge in [0.1, 0.15) is 5.82 Å². The molecule has 90 valence electrons. The summed E-state index contributed by atoms with van der Waals surface area (Å²) in [5.74, 6) is -0.184. The van der Waals surface area contributed by atoms with Crippen LogP contribution in [0.2, 0.25) is 0 Å². The van der Waals surface area contributed by atoms with Gasteiger partial charge in [0.15, 0.2) is 0 Å². The van der Waals surface area contributed by atoms with Gasteiger partial charge in [-0.25, -0.2) is 4.39 Å². The number of allylic oxidation sites excluding steroid dienone is 1. The molecule has 0 unspecified atom stereocenters. The van der Waals surface area contributed by atoms with Crippen LogP contribution in [0.3, 0.4) is 0 Å². The summed E-state index contributed by atoms with van der Waals surface area (Å²) in [6, 6.07) is 13.1. The van der Waals surface area contributed by atoms with Crippen molar-refractivity contribution in [2.24, 2.45) is 0 Å². The van der Waals surface area contributed by atoms with Crippen LogP contribution < -0.4 is 0 Å². The van der Waals surface area contributed by atoms with E-state index in [0.29, 0.717) is 0 Å². The third-order valence-corrected chi connectivity index (χ3v) is 3.57. The molecule has 1 aliphatic carbocycles. The fourth-order valence-corrected chi connectivity index (χ4v) is 2.55. The zero-order valence-electron chi connectivity index (χ0n) is 10.4. The van der Waals surface area contributed by atoms with Crippen molar-refractivity contribution in [3.63, 3.8) is 0 Å². The van der Waals surface area contributed by atoms with E-state index in [1.54, 1.807) is 0 Å². The second kappa shape index (κ2) is 4.41. The molecule has 0 radical (unpaired) electrons. The molecule has 0 aromatic heterocycles. The van der Waals surface area contributed by atoms with Crippen LogP contribution in [0.4, 0.5) is 4.39 Å². The van der Waals surface area contributed by atoms with Crippen LogP contribution in [-0.2, 0) is 6.42 Å². The van der Waals surface area contributed by atoms with Crippen LogP contribution >= 0.6 is 0 Å². The Morgan fingerprint density at radius 3 is 2.56 bits per heavy atom. The zero-order valence-corrected chi connectivity index (χ0v) is 10.4. The van der Waals surface area contributed by atoms with E-state index in [9.17, 15) is 4.39 Å². The predicted molar refractivity (Wildman–Crippen MR) is 73.8 cm³/mol. The molecular formula is C17H15F. The van der Waals surface area contributed by atoms with E-state index >= 15 is 0 Å². The lowest BCUT2D eigenvalue weighted by molar-refractivity contribution is 0.628. The van der Waals surface area contributed by atoms with Gasteiger partial charge in [-0.15, -0.1) is 0 Å². The molecule has 0 saturated heterocycles. The van der Waals surface area contributed by atoms with E-state index in [1.807, 2.05) is 12.1 Å². The first kappa shape index (κ1) is 11.2. The van der Waals surface area contributed by atoms with Crippen molar-refractivity contribution in [1.82, 2.24) is 0 Å². The Labute approximate surface area is 107 Å². The molecule has 0 amide bonds. The van der Waals surface area contributed by atoms with Crippen molar-refractivity contribution in [2.75, 3.05) is 0 Å². The van der Waals surface area contributed by atoms with Crippen molar-refractivity contribution in [2.45, 2.75) is 19.8 Å². The molecule has 3 rings (SSSR count). The van der Waals surface area contributed by atoms with Crippen LogP contribution in [0.1, 0.15) is 24.5 Å². The van der Waals surface area contributed by atoms with Crippen LogP contribution in [0.5, 0.6) is 0 Å². The van der Waals surface area contributed by atoms with Gasteiger partial charge in [-0.05, 0) is 47.2 Å². The lowest BCUT2D eigenvalue weighted by Gasteiger charge is -2.07. The topological polar surface area (TPSA) is 0 Å². The highest BCUT2D eigenvalue weighted by Crippen LogP contribution is 2.34. The van der Waals surface area contributed by atoms with E-state index in [-0.39, 0.29) is 5.82 Å². The first-order valence-electron chi connectivity index (χ1n) is 6.35. The highest BCUT2D eigenvalue weighted by atomic mass is 19.1. The molecule has 0 atom stereocenters. The monoisotopic (exact) mass is 238 g/mol. The van der Waals surface area contributed by atoms with Gasteiger partial charge in [0.2, 0.25) is 0 Å². The van der Waals surface area contributed by atoms with E-state index < -0.39 is 0 Å². The summed E-state index contributed by atoms with van der Waals surface area (Å²) in [5, 5.41) is 0. The van der Waals surface area contributed by atoms with E-state index in [0.717, 1.165) is 18.4 Å². The summed E-state index contributed by atoms with van der Waals surface area (Å²) in [4.78, 5) is 0. The SMILES string of the molecule is CCC1=Cc2c(cccc2-c2ccc(F)cc2)C1. The number of rotatable bonds is 2. The minimum Gasteiger partial charge on any atom is -0.207 e. The fraction of sp³-hybridized carbons (Fsp3) is 0.176. The molecule has 0 aliphatic heterocycles. The number of hydrogen-bond donors (Lipinski definition) is 0. The molecule has 1 heteroatoms. The Morgan fingerprint density at radius 1 is 1.06 bits per heavy atom. The van der Waals surface area contributed by atoms with Gasteiger partial charge in [0.05, 0.1) is 0 Å². The highest BCUT2D eigenvalue weighted by Gasteiger charge is 2.15. The molecule has 1 aliphatic rings. The summed E-state index contributed by atoms with van der Waals surface area (Å²) in [7, 11) is 0. The third-order valence-electron chi connectivity index (χ3n) is 3.57. The first-order chi connectivity index (χ1) is 8.78. The molecular weight excluding hydrogens is 223 g/mol. The van der Waals surface area contributed by atoms with Gasteiger partial charge < -0.3 is 0 Å². The number of fused-ring (bicyclic) bond motifs is 1. The molecule has 0 fully saturated rings. The Morgan fingerprint density at radius 2 is 1.83 bits per heavy atom. The fourth-order valence-electron chi connectivity index (χ4n) is 2.55. The van der Waals surface area contributed by atoms with Gasteiger partial charge in [-0.3, -0.25) is 0 Å². The van der Waals surface area contributed by atoms with Crippen LogP contribution in [-0.4, -0.2) is 0 Å². The van der Waals surface area contributed by atoms with Crippen molar-refractivity contribution in [3.8, 4) is 11.1 Å². The van der Waals surface area contributed by atoms with Crippen molar-refractivity contribution < 1.29 is 4.39 Å². The summed E-state index contributed by atoms with van der Waals surface area (Å²) < 4.78 is 13.0. The lowest BCUT2D eigenvalue weighted by Crippen LogP contribution is -1.87. The molecule has 0 saturated carbocycles.